The highest BCUT2D eigenvalue weighted by atomic mass is 19.4. The van der Waals surface area contributed by atoms with Gasteiger partial charge >= 0.3 is 12.4 Å². The first kappa shape index (κ1) is 27.6. The highest BCUT2D eigenvalue weighted by molar-refractivity contribution is 5.74. The Kier molecular flexibility index (Phi) is 9.42. The van der Waals surface area contributed by atoms with Gasteiger partial charge in [-0.05, 0) is 62.7 Å². The standard InChI is InChI=1S/C26H33F4N3O3/c1-18(2)17-35-23-8-4-19(5-9-23)15-33(25(34)31-22-10-12-32(3)13-11-22)16-20-6-7-21(27)14-24(20)36-26(28,29)30/h4-9,14,18,22H,10-13,15-17H2,1-3H3,(H,31,34). The Bertz CT molecular complexity index is 991. The fourth-order valence-electron chi connectivity index (χ4n) is 3.88. The van der Waals surface area contributed by atoms with Crippen molar-refractivity contribution in [2.75, 3.05) is 26.7 Å². The molecule has 0 aromatic heterocycles. The SMILES string of the molecule is CC(C)COc1ccc(CN(Cc2ccc(F)cc2OC(F)(F)F)C(=O)NC2CCN(C)CC2)cc1. The van der Waals surface area contributed by atoms with Crippen LogP contribution in [0.3, 0.4) is 0 Å². The van der Waals surface area contributed by atoms with Gasteiger partial charge in [-0.3, -0.25) is 0 Å². The van der Waals surface area contributed by atoms with E-state index >= 15 is 0 Å². The van der Waals surface area contributed by atoms with Gasteiger partial charge in [0.2, 0.25) is 0 Å². The van der Waals surface area contributed by atoms with Gasteiger partial charge in [-0.15, -0.1) is 13.2 Å². The summed E-state index contributed by atoms with van der Waals surface area (Å²) in [5, 5.41) is 3.00. The van der Waals surface area contributed by atoms with Crippen LogP contribution in [0.4, 0.5) is 22.4 Å². The van der Waals surface area contributed by atoms with E-state index in [1.807, 2.05) is 33.0 Å². The molecule has 2 aromatic carbocycles. The molecule has 1 aliphatic heterocycles. The van der Waals surface area contributed by atoms with E-state index in [-0.39, 0.29) is 24.7 Å². The van der Waals surface area contributed by atoms with Crippen LogP contribution in [-0.2, 0) is 13.1 Å². The lowest BCUT2D eigenvalue weighted by Gasteiger charge is -2.32. The smallest absolute Gasteiger partial charge is 0.493 e. The molecule has 1 N–H and O–H groups in total. The quantitative estimate of drug-likeness (QED) is 0.448. The number of nitrogens with zero attached hydrogens (tertiary/aromatic N) is 2. The zero-order valence-corrected chi connectivity index (χ0v) is 20.8. The Hall–Kier alpha value is -3.01. The van der Waals surface area contributed by atoms with Gasteiger partial charge in [0.1, 0.15) is 17.3 Å². The summed E-state index contributed by atoms with van der Waals surface area (Å²) in [5.41, 5.74) is 0.815. The second-order valence-corrected chi connectivity index (χ2v) is 9.53. The Morgan fingerprint density at radius 1 is 1.11 bits per heavy atom. The van der Waals surface area contributed by atoms with Crippen molar-refractivity contribution < 1.29 is 31.8 Å². The van der Waals surface area contributed by atoms with Gasteiger partial charge < -0.3 is 24.6 Å². The number of rotatable bonds is 9. The summed E-state index contributed by atoms with van der Waals surface area (Å²) in [6.07, 6.45) is -3.44. The number of likely N-dealkylation sites (tertiary alicyclic amines) is 1. The predicted octanol–water partition coefficient (Wildman–Crippen LogP) is 5.57. The van der Waals surface area contributed by atoms with Crippen molar-refractivity contribution in [3.05, 3.63) is 59.4 Å². The third-order valence-electron chi connectivity index (χ3n) is 5.83. The first-order chi connectivity index (χ1) is 17.0. The zero-order chi connectivity index (χ0) is 26.3. The lowest BCUT2D eigenvalue weighted by Crippen LogP contribution is -2.48. The molecule has 10 heteroatoms. The highest BCUT2D eigenvalue weighted by Crippen LogP contribution is 2.29. The average Bonchev–Trinajstić information content (AvgIpc) is 2.80. The highest BCUT2D eigenvalue weighted by Gasteiger charge is 2.33. The number of carbonyl (C=O) groups is 1. The maximum atomic E-state index is 13.7. The topological polar surface area (TPSA) is 54.0 Å². The number of urea groups is 1. The molecular weight excluding hydrogens is 478 g/mol. The van der Waals surface area contributed by atoms with Crippen molar-refractivity contribution >= 4 is 6.03 Å². The van der Waals surface area contributed by atoms with Gasteiger partial charge in [-0.25, -0.2) is 9.18 Å². The summed E-state index contributed by atoms with van der Waals surface area (Å²) in [5.74, 6) is -0.476. The van der Waals surface area contributed by atoms with Gasteiger partial charge in [0.15, 0.2) is 0 Å². The summed E-state index contributed by atoms with van der Waals surface area (Å²) in [6.45, 7) is 6.26. The number of amides is 2. The zero-order valence-electron chi connectivity index (χ0n) is 20.8. The van der Waals surface area contributed by atoms with Gasteiger partial charge in [-0.2, -0.15) is 0 Å². The van der Waals surface area contributed by atoms with Gasteiger partial charge in [-0.1, -0.05) is 32.0 Å². The van der Waals surface area contributed by atoms with E-state index in [0.717, 1.165) is 37.6 Å². The molecular formula is C26H33F4N3O3. The summed E-state index contributed by atoms with van der Waals surface area (Å²) < 4.78 is 62.2. The van der Waals surface area contributed by atoms with E-state index in [9.17, 15) is 22.4 Å². The molecule has 1 fully saturated rings. The largest absolute Gasteiger partial charge is 0.573 e. The number of piperidine rings is 1. The van der Waals surface area contributed by atoms with Crippen molar-refractivity contribution in [1.29, 1.82) is 0 Å². The van der Waals surface area contributed by atoms with Crippen LogP contribution in [-0.4, -0.2) is 55.0 Å². The lowest BCUT2D eigenvalue weighted by atomic mass is 10.1. The van der Waals surface area contributed by atoms with E-state index in [4.69, 9.17) is 4.74 Å². The van der Waals surface area contributed by atoms with Crippen LogP contribution in [0.1, 0.15) is 37.8 Å². The molecule has 0 radical (unpaired) electrons. The van der Waals surface area contributed by atoms with Crippen molar-refractivity contribution in [1.82, 2.24) is 15.1 Å². The van der Waals surface area contributed by atoms with E-state index < -0.39 is 24.0 Å². The van der Waals surface area contributed by atoms with E-state index in [1.165, 1.54) is 11.0 Å². The van der Waals surface area contributed by atoms with Gasteiger partial charge in [0.25, 0.3) is 0 Å². The molecule has 0 spiro atoms. The van der Waals surface area contributed by atoms with Crippen LogP contribution in [0.15, 0.2) is 42.5 Å². The Labute approximate surface area is 209 Å². The molecule has 2 aromatic rings. The number of nitrogens with one attached hydrogen (secondary N) is 1. The van der Waals surface area contributed by atoms with Crippen molar-refractivity contribution in [3.63, 3.8) is 0 Å². The molecule has 0 bridgehead atoms. The minimum atomic E-state index is -4.99. The average molecular weight is 512 g/mol. The molecule has 2 amide bonds. The van der Waals surface area contributed by atoms with Crippen LogP contribution in [0.25, 0.3) is 0 Å². The van der Waals surface area contributed by atoms with Gasteiger partial charge in [0, 0.05) is 24.2 Å². The Morgan fingerprint density at radius 3 is 2.39 bits per heavy atom. The molecule has 1 saturated heterocycles. The van der Waals surface area contributed by atoms with Crippen LogP contribution in [0.5, 0.6) is 11.5 Å². The third kappa shape index (κ3) is 8.89. The molecule has 36 heavy (non-hydrogen) atoms. The van der Waals surface area contributed by atoms with Crippen molar-refractivity contribution in [2.24, 2.45) is 5.92 Å². The number of alkyl halides is 3. The molecule has 0 atom stereocenters. The summed E-state index contributed by atoms with van der Waals surface area (Å²) >= 11 is 0. The monoisotopic (exact) mass is 511 g/mol. The van der Waals surface area contributed by atoms with Crippen LogP contribution in [0, 0.1) is 11.7 Å². The molecule has 1 aliphatic rings. The summed E-state index contributed by atoms with van der Waals surface area (Å²) in [4.78, 5) is 16.8. The van der Waals surface area contributed by atoms with Crippen LogP contribution in [0.2, 0.25) is 0 Å². The van der Waals surface area contributed by atoms with E-state index in [1.54, 1.807) is 12.1 Å². The normalized spacial score (nSPS) is 15.1. The van der Waals surface area contributed by atoms with Crippen molar-refractivity contribution in [3.8, 4) is 11.5 Å². The molecule has 3 rings (SSSR count). The first-order valence-corrected chi connectivity index (χ1v) is 12.0. The van der Waals surface area contributed by atoms with Crippen molar-refractivity contribution in [2.45, 2.75) is 52.2 Å². The Balaban J connectivity index is 1.79. The molecule has 1 heterocycles. The minimum Gasteiger partial charge on any atom is -0.493 e. The third-order valence-corrected chi connectivity index (χ3v) is 5.83. The van der Waals surface area contributed by atoms with E-state index in [0.29, 0.717) is 24.3 Å². The molecule has 0 unspecified atom stereocenters. The Morgan fingerprint density at radius 2 is 1.78 bits per heavy atom. The summed E-state index contributed by atoms with van der Waals surface area (Å²) in [6, 6.07) is 9.68. The minimum absolute atomic E-state index is 0.0397. The lowest BCUT2D eigenvalue weighted by molar-refractivity contribution is -0.275. The number of hydrogen-bond acceptors (Lipinski definition) is 4. The molecule has 6 nitrogen and oxygen atoms in total. The molecule has 0 aliphatic carbocycles. The summed E-state index contributed by atoms with van der Waals surface area (Å²) in [7, 11) is 2.01. The fourth-order valence-corrected chi connectivity index (χ4v) is 3.88. The number of benzene rings is 2. The number of ether oxygens (including phenoxy) is 2. The molecule has 0 saturated carbocycles. The fraction of sp³-hybridized carbons (Fsp3) is 0.500. The molecule has 198 valence electrons. The van der Waals surface area contributed by atoms with Crippen LogP contribution < -0.4 is 14.8 Å². The first-order valence-electron chi connectivity index (χ1n) is 12.0. The second-order valence-electron chi connectivity index (χ2n) is 9.53. The second kappa shape index (κ2) is 12.3. The maximum Gasteiger partial charge on any atom is 0.573 e. The van der Waals surface area contributed by atoms with Gasteiger partial charge in [0.05, 0.1) is 13.2 Å². The number of halogens is 4. The predicted molar refractivity (Wildman–Crippen MR) is 128 cm³/mol. The van der Waals surface area contributed by atoms with E-state index in [2.05, 4.69) is 15.0 Å². The number of carbonyl (C=O) groups excluding carboxylic acids is 1. The maximum absolute atomic E-state index is 13.7. The number of hydrogen-bond donors (Lipinski definition) is 1. The van der Waals surface area contributed by atoms with Crippen LogP contribution >= 0.6 is 0 Å².